The number of carbonyl (C=O) groups excluding carboxylic acids is 1. The van der Waals surface area contributed by atoms with Crippen LogP contribution in [0.25, 0.3) is 0 Å². The zero-order chi connectivity index (χ0) is 18.9. The predicted octanol–water partition coefficient (Wildman–Crippen LogP) is 4.54. The van der Waals surface area contributed by atoms with Crippen LogP contribution in [0.4, 0.5) is 14.5 Å². The Kier molecular flexibility index (Phi) is 5.20. The molecule has 1 heterocycles. The Labute approximate surface area is 158 Å². The zero-order valence-electron chi connectivity index (χ0n) is 13.9. The van der Waals surface area contributed by atoms with Crippen LogP contribution in [-0.4, -0.2) is 16.8 Å². The minimum atomic E-state index is -0.626. The molecular weight excluding hydrogens is 380 g/mol. The van der Waals surface area contributed by atoms with Gasteiger partial charge in [-0.1, -0.05) is 29.4 Å². The summed E-state index contributed by atoms with van der Waals surface area (Å²) in [6.45, 7) is 1.91. The molecule has 0 bridgehead atoms. The van der Waals surface area contributed by atoms with Gasteiger partial charge >= 0.3 is 0 Å². The lowest BCUT2D eigenvalue weighted by Crippen LogP contribution is -2.29. The Morgan fingerprint density at radius 3 is 2.77 bits per heavy atom. The first-order chi connectivity index (χ1) is 12.3. The Bertz CT molecular complexity index is 906. The number of aliphatic imine (C=N–C) groups is 1. The molecule has 1 unspecified atom stereocenters. The molecule has 0 spiro atoms. The van der Waals surface area contributed by atoms with Crippen LogP contribution in [0, 0.1) is 11.6 Å². The third kappa shape index (κ3) is 3.83. The Hall–Kier alpha value is -2.12. The van der Waals surface area contributed by atoms with Gasteiger partial charge in [0, 0.05) is 5.75 Å². The van der Waals surface area contributed by atoms with Gasteiger partial charge in [-0.15, -0.1) is 0 Å². The highest BCUT2D eigenvalue weighted by molar-refractivity contribution is 8.13. The molecule has 0 saturated heterocycles. The van der Waals surface area contributed by atoms with E-state index >= 15 is 0 Å². The number of hydrogen-bond acceptors (Lipinski definition) is 4. The summed E-state index contributed by atoms with van der Waals surface area (Å²) in [4.78, 5) is 16.9. The lowest BCUT2D eigenvalue weighted by molar-refractivity contribution is 0.102. The summed E-state index contributed by atoms with van der Waals surface area (Å²) in [6, 6.07) is 7.84. The van der Waals surface area contributed by atoms with Crippen LogP contribution in [0.15, 0.2) is 41.4 Å². The molecule has 3 rings (SSSR count). The number of anilines is 1. The van der Waals surface area contributed by atoms with Crippen LogP contribution in [0.5, 0.6) is 0 Å². The second kappa shape index (κ2) is 7.25. The average Bonchev–Trinajstić information content (AvgIpc) is 2.56. The van der Waals surface area contributed by atoms with Crippen LogP contribution >= 0.6 is 23.4 Å². The van der Waals surface area contributed by atoms with Crippen molar-refractivity contribution in [1.29, 1.82) is 0 Å². The van der Waals surface area contributed by atoms with Crippen molar-refractivity contribution in [2.75, 3.05) is 11.1 Å². The highest BCUT2D eigenvalue weighted by Crippen LogP contribution is 2.36. The van der Waals surface area contributed by atoms with E-state index in [0.29, 0.717) is 5.17 Å². The summed E-state index contributed by atoms with van der Waals surface area (Å²) in [5, 5.41) is 2.92. The molecule has 26 heavy (non-hydrogen) atoms. The number of thioether (sulfide) groups is 1. The second-order valence-electron chi connectivity index (χ2n) is 6.10. The molecule has 0 saturated carbocycles. The number of benzene rings is 2. The summed E-state index contributed by atoms with van der Waals surface area (Å²) >= 11 is 7.36. The van der Waals surface area contributed by atoms with Gasteiger partial charge in [-0.05, 0) is 49.2 Å². The zero-order valence-corrected chi connectivity index (χ0v) is 15.4. The van der Waals surface area contributed by atoms with Crippen LogP contribution in [0.1, 0.15) is 29.3 Å². The molecule has 1 aliphatic rings. The van der Waals surface area contributed by atoms with Crippen LogP contribution in [0.2, 0.25) is 5.02 Å². The van der Waals surface area contributed by atoms with Gasteiger partial charge in [0.1, 0.15) is 11.6 Å². The normalized spacial score (nSPS) is 19.8. The molecule has 0 radical (unpaired) electrons. The van der Waals surface area contributed by atoms with Gasteiger partial charge in [0.05, 0.1) is 21.8 Å². The molecule has 0 fully saturated rings. The highest BCUT2D eigenvalue weighted by Gasteiger charge is 2.30. The fraction of sp³-hybridized carbons (Fsp3) is 0.222. The molecule has 8 heteroatoms. The summed E-state index contributed by atoms with van der Waals surface area (Å²) in [6.07, 6.45) is 0.737. The van der Waals surface area contributed by atoms with Crippen molar-refractivity contribution in [2.24, 2.45) is 10.7 Å². The van der Waals surface area contributed by atoms with E-state index in [0.717, 1.165) is 29.9 Å². The molecule has 0 aliphatic carbocycles. The van der Waals surface area contributed by atoms with Gasteiger partial charge in [-0.25, -0.2) is 8.78 Å². The first kappa shape index (κ1) is 18.7. The summed E-state index contributed by atoms with van der Waals surface area (Å²) in [5.74, 6) is -0.974. The molecular formula is C18H16ClF2N3OS. The van der Waals surface area contributed by atoms with E-state index in [2.05, 4.69) is 10.3 Å². The van der Waals surface area contributed by atoms with E-state index in [1.807, 2.05) is 6.92 Å². The third-order valence-electron chi connectivity index (χ3n) is 4.21. The van der Waals surface area contributed by atoms with Crippen LogP contribution in [-0.2, 0) is 5.54 Å². The van der Waals surface area contributed by atoms with Gasteiger partial charge in [0.15, 0.2) is 5.17 Å². The Morgan fingerprint density at radius 2 is 2.08 bits per heavy atom. The quantitative estimate of drug-likeness (QED) is 0.801. The van der Waals surface area contributed by atoms with Crippen molar-refractivity contribution in [2.45, 2.75) is 18.9 Å². The van der Waals surface area contributed by atoms with Gasteiger partial charge in [0.25, 0.3) is 5.91 Å². The number of nitrogens with one attached hydrogen (secondary N) is 1. The molecule has 136 valence electrons. The van der Waals surface area contributed by atoms with Crippen molar-refractivity contribution in [3.8, 4) is 0 Å². The maximum atomic E-state index is 14.2. The molecule has 2 aromatic rings. The molecule has 1 aliphatic heterocycles. The topological polar surface area (TPSA) is 67.5 Å². The maximum absolute atomic E-state index is 14.2. The lowest BCUT2D eigenvalue weighted by Gasteiger charge is -2.30. The first-order valence-electron chi connectivity index (χ1n) is 7.83. The number of halogens is 3. The second-order valence-corrected chi connectivity index (χ2v) is 7.62. The minimum Gasteiger partial charge on any atom is -0.379 e. The molecule has 4 nitrogen and oxygen atoms in total. The van der Waals surface area contributed by atoms with Gasteiger partial charge < -0.3 is 11.1 Å². The standard InChI is InChI=1S/C18H16ClF2N3OS/c1-18(6-7-26-17(22)24-18)10-2-5-14(21)15(8-10)23-16(25)12-4-3-11(20)9-13(12)19/h2-5,8-9H,6-7H2,1H3,(H2,22,24)(H,23,25). The van der Waals surface area contributed by atoms with Gasteiger partial charge in [-0.3, -0.25) is 9.79 Å². The largest absolute Gasteiger partial charge is 0.379 e. The fourth-order valence-electron chi connectivity index (χ4n) is 2.71. The fourth-order valence-corrected chi connectivity index (χ4v) is 3.94. The van der Waals surface area contributed by atoms with E-state index in [9.17, 15) is 13.6 Å². The smallest absolute Gasteiger partial charge is 0.257 e. The van der Waals surface area contributed by atoms with Gasteiger partial charge in [0.2, 0.25) is 0 Å². The molecule has 0 aromatic heterocycles. The van der Waals surface area contributed by atoms with Gasteiger partial charge in [-0.2, -0.15) is 0 Å². The van der Waals surface area contributed by atoms with E-state index < -0.39 is 23.1 Å². The number of amidine groups is 1. The van der Waals surface area contributed by atoms with Crippen molar-refractivity contribution >= 4 is 40.1 Å². The molecule has 1 atom stereocenters. The Morgan fingerprint density at radius 1 is 1.31 bits per heavy atom. The number of rotatable bonds is 3. The minimum absolute atomic E-state index is 0.00103. The predicted molar refractivity (Wildman–Crippen MR) is 102 cm³/mol. The number of nitrogens with zero attached hydrogens (tertiary/aromatic N) is 1. The summed E-state index contributed by atoms with van der Waals surface area (Å²) < 4.78 is 27.3. The molecule has 3 N–H and O–H groups in total. The molecule has 1 amide bonds. The summed E-state index contributed by atoms with van der Waals surface area (Å²) in [7, 11) is 0. The average molecular weight is 396 g/mol. The van der Waals surface area contributed by atoms with E-state index in [4.69, 9.17) is 17.3 Å². The number of hydrogen-bond donors (Lipinski definition) is 2. The summed E-state index contributed by atoms with van der Waals surface area (Å²) in [5.41, 5.74) is 6.03. The maximum Gasteiger partial charge on any atom is 0.257 e. The van der Waals surface area contributed by atoms with Crippen molar-refractivity contribution < 1.29 is 13.6 Å². The highest BCUT2D eigenvalue weighted by atomic mass is 35.5. The van der Waals surface area contributed by atoms with Crippen LogP contribution in [0.3, 0.4) is 0 Å². The number of amides is 1. The number of carbonyl (C=O) groups is 1. The van der Waals surface area contributed by atoms with Crippen molar-refractivity contribution in [3.05, 3.63) is 64.2 Å². The van der Waals surface area contributed by atoms with Crippen molar-refractivity contribution in [1.82, 2.24) is 0 Å². The monoisotopic (exact) mass is 395 g/mol. The lowest BCUT2D eigenvalue weighted by atomic mass is 9.89. The third-order valence-corrected chi connectivity index (χ3v) is 5.32. The van der Waals surface area contributed by atoms with E-state index in [-0.39, 0.29) is 16.3 Å². The van der Waals surface area contributed by atoms with Crippen LogP contribution < -0.4 is 11.1 Å². The van der Waals surface area contributed by atoms with E-state index in [1.165, 1.54) is 30.0 Å². The SMILES string of the molecule is CC1(c2ccc(F)c(NC(=O)c3ccc(F)cc3Cl)c2)CCSC(N)=N1. The first-order valence-corrected chi connectivity index (χ1v) is 9.19. The molecule has 2 aromatic carbocycles. The van der Waals surface area contributed by atoms with E-state index in [1.54, 1.807) is 6.07 Å². The Balaban J connectivity index is 1.91. The number of nitrogens with two attached hydrogens (primary N) is 1. The van der Waals surface area contributed by atoms with Crippen molar-refractivity contribution in [3.63, 3.8) is 0 Å².